The van der Waals surface area contributed by atoms with Crippen LogP contribution in [0.25, 0.3) is 0 Å². The Morgan fingerprint density at radius 2 is 1.77 bits per heavy atom. The number of anilines is 3. The van der Waals surface area contributed by atoms with Crippen molar-refractivity contribution >= 4 is 34.9 Å². The normalized spacial score (nSPS) is 14.9. The number of hydrogen-bond donors (Lipinski definition) is 2. The first kappa shape index (κ1) is 27.3. The van der Waals surface area contributed by atoms with Gasteiger partial charge in [-0.15, -0.1) is 0 Å². The van der Waals surface area contributed by atoms with Crippen LogP contribution in [0.15, 0.2) is 60.7 Å². The number of amides is 4. The molecule has 0 atom stereocenters. The van der Waals surface area contributed by atoms with Gasteiger partial charge < -0.3 is 20.4 Å². The van der Waals surface area contributed by atoms with Gasteiger partial charge in [0, 0.05) is 37.4 Å². The number of halogens is 1. The highest BCUT2D eigenvalue weighted by molar-refractivity contribution is 6.11. The van der Waals surface area contributed by atoms with E-state index in [4.69, 9.17) is 0 Å². The van der Waals surface area contributed by atoms with Crippen LogP contribution >= 0.6 is 0 Å². The predicted molar refractivity (Wildman–Crippen MR) is 154 cm³/mol. The van der Waals surface area contributed by atoms with Crippen LogP contribution in [0.2, 0.25) is 0 Å². The summed E-state index contributed by atoms with van der Waals surface area (Å²) in [5.74, 6) is -0.892. The Labute approximate surface area is 233 Å². The molecule has 0 radical (unpaired) electrons. The van der Waals surface area contributed by atoms with Gasteiger partial charge in [-0.25, -0.2) is 9.18 Å². The van der Waals surface area contributed by atoms with Gasteiger partial charge >= 0.3 is 6.03 Å². The maximum atomic E-state index is 14.9. The molecular formula is C31H34FN5O3. The summed E-state index contributed by atoms with van der Waals surface area (Å²) in [5.41, 5.74) is 4.88. The van der Waals surface area contributed by atoms with Crippen LogP contribution in [-0.4, -0.2) is 51.1 Å². The monoisotopic (exact) mass is 543 g/mol. The van der Waals surface area contributed by atoms with Crippen LogP contribution in [0.5, 0.6) is 0 Å². The predicted octanol–water partition coefficient (Wildman–Crippen LogP) is 4.40. The first-order valence-electron chi connectivity index (χ1n) is 13.7. The van der Waals surface area contributed by atoms with Gasteiger partial charge in [-0.05, 0) is 80.3 Å². The molecule has 0 saturated heterocycles. The van der Waals surface area contributed by atoms with Crippen LogP contribution in [0.4, 0.5) is 26.2 Å². The number of aryl methyl sites for hydroxylation is 2. The second-order valence-corrected chi connectivity index (χ2v) is 10.2. The molecule has 4 amide bonds. The van der Waals surface area contributed by atoms with Gasteiger partial charge in [-0.2, -0.15) is 0 Å². The molecule has 0 fully saturated rings. The number of likely N-dealkylation sites (N-methyl/N-ethyl adjacent to an activating group) is 1. The molecule has 0 bridgehead atoms. The molecule has 8 nitrogen and oxygen atoms in total. The van der Waals surface area contributed by atoms with Crippen LogP contribution in [-0.2, 0) is 17.8 Å². The minimum atomic E-state index is -0.566. The summed E-state index contributed by atoms with van der Waals surface area (Å²) in [6.07, 6.45) is 2.95. The molecule has 2 N–H and O–H groups in total. The smallest absolute Gasteiger partial charge is 0.322 e. The summed E-state index contributed by atoms with van der Waals surface area (Å²) in [7, 11) is 1.78. The van der Waals surface area contributed by atoms with Gasteiger partial charge in [0.05, 0.1) is 5.69 Å². The number of benzene rings is 3. The lowest BCUT2D eigenvalue weighted by Gasteiger charge is -2.36. The average molecular weight is 544 g/mol. The maximum Gasteiger partial charge on any atom is 0.322 e. The topological polar surface area (TPSA) is 85.0 Å². The summed E-state index contributed by atoms with van der Waals surface area (Å²) in [4.78, 5) is 44.1. The van der Waals surface area contributed by atoms with Crippen LogP contribution in [0, 0.1) is 12.7 Å². The Hall–Kier alpha value is -4.24. The Morgan fingerprint density at radius 1 is 0.975 bits per heavy atom. The SMILES string of the molecule is CNCCN1C(=O)CN(C(=O)NCc2ccc(C(=O)N3CCCCc4ccccc43)cc2C)c2c(F)cccc21. The number of fused-ring (bicyclic) bond motifs is 2. The third-order valence-corrected chi connectivity index (χ3v) is 7.58. The standard InChI is InChI=1S/C31H34FN5O3/c1-21-18-23(30(39)36-16-6-5-9-22-8-3-4-11-26(22)36)13-14-24(21)19-34-31(40)37-20-28(38)35(17-15-33-2)27-12-7-10-25(32)29(27)37/h3-4,7-8,10-14,18,33H,5-6,9,15-17,19-20H2,1-2H3,(H,34,40). The molecule has 3 aromatic carbocycles. The molecule has 2 aliphatic heterocycles. The summed E-state index contributed by atoms with van der Waals surface area (Å²) in [6, 6.07) is 17.4. The summed E-state index contributed by atoms with van der Waals surface area (Å²) < 4.78 is 14.9. The van der Waals surface area contributed by atoms with Gasteiger partial charge in [-0.3, -0.25) is 14.5 Å². The van der Waals surface area contributed by atoms with Crippen molar-refractivity contribution in [3.05, 3.63) is 88.7 Å². The molecule has 2 aliphatic rings. The number of urea groups is 1. The Balaban J connectivity index is 1.30. The summed E-state index contributed by atoms with van der Waals surface area (Å²) in [6.45, 7) is 3.39. The molecular weight excluding hydrogens is 509 g/mol. The van der Waals surface area contributed by atoms with E-state index >= 15 is 0 Å². The molecule has 0 spiro atoms. The third-order valence-electron chi connectivity index (χ3n) is 7.58. The molecule has 0 saturated carbocycles. The first-order chi connectivity index (χ1) is 19.4. The summed E-state index contributed by atoms with van der Waals surface area (Å²) >= 11 is 0. The van der Waals surface area contributed by atoms with Crippen molar-refractivity contribution < 1.29 is 18.8 Å². The number of rotatable bonds is 6. The van der Waals surface area contributed by atoms with E-state index in [1.165, 1.54) is 22.6 Å². The van der Waals surface area contributed by atoms with Crippen molar-refractivity contribution in [1.29, 1.82) is 0 Å². The molecule has 40 heavy (non-hydrogen) atoms. The number of carbonyl (C=O) groups is 3. The fraction of sp³-hybridized carbons (Fsp3) is 0.323. The Morgan fingerprint density at radius 3 is 2.58 bits per heavy atom. The van der Waals surface area contributed by atoms with E-state index in [1.54, 1.807) is 19.2 Å². The highest BCUT2D eigenvalue weighted by Gasteiger charge is 2.34. The minimum Gasteiger partial charge on any atom is -0.334 e. The molecule has 0 aliphatic carbocycles. The van der Waals surface area contributed by atoms with Crippen molar-refractivity contribution in [2.75, 3.05) is 47.9 Å². The zero-order valence-corrected chi connectivity index (χ0v) is 22.9. The van der Waals surface area contributed by atoms with E-state index in [2.05, 4.69) is 16.7 Å². The fourth-order valence-electron chi connectivity index (χ4n) is 5.42. The van der Waals surface area contributed by atoms with Gasteiger partial charge in [0.25, 0.3) is 5.91 Å². The highest BCUT2D eigenvalue weighted by atomic mass is 19.1. The number of para-hydroxylation sites is 2. The lowest BCUT2D eigenvalue weighted by atomic mass is 10.0. The van der Waals surface area contributed by atoms with Crippen molar-refractivity contribution in [3.8, 4) is 0 Å². The van der Waals surface area contributed by atoms with Crippen molar-refractivity contribution in [2.24, 2.45) is 0 Å². The molecule has 3 aromatic rings. The van der Waals surface area contributed by atoms with Crippen molar-refractivity contribution in [3.63, 3.8) is 0 Å². The molecule has 9 heteroatoms. The van der Waals surface area contributed by atoms with Crippen molar-refractivity contribution in [1.82, 2.24) is 10.6 Å². The Bertz CT molecular complexity index is 1440. The minimum absolute atomic E-state index is 0.0465. The summed E-state index contributed by atoms with van der Waals surface area (Å²) in [5, 5.41) is 5.82. The van der Waals surface area contributed by atoms with E-state index < -0.39 is 11.8 Å². The highest BCUT2D eigenvalue weighted by Crippen LogP contribution is 2.36. The quantitative estimate of drug-likeness (QED) is 0.483. The second kappa shape index (κ2) is 11.9. The zero-order valence-electron chi connectivity index (χ0n) is 22.9. The number of nitrogens with one attached hydrogen (secondary N) is 2. The third kappa shape index (κ3) is 5.42. The largest absolute Gasteiger partial charge is 0.334 e. The van der Waals surface area contributed by atoms with E-state index in [0.717, 1.165) is 41.0 Å². The second-order valence-electron chi connectivity index (χ2n) is 10.2. The van der Waals surface area contributed by atoms with Crippen LogP contribution in [0.1, 0.15) is 39.9 Å². The maximum absolute atomic E-state index is 14.9. The van der Waals surface area contributed by atoms with E-state index in [-0.39, 0.29) is 30.6 Å². The van der Waals surface area contributed by atoms with E-state index in [9.17, 15) is 18.8 Å². The number of nitrogens with zero attached hydrogens (tertiary/aromatic N) is 3. The van der Waals surface area contributed by atoms with Gasteiger partial charge in [0.2, 0.25) is 5.91 Å². The van der Waals surface area contributed by atoms with Crippen molar-refractivity contribution in [2.45, 2.75) is 32.7 Å². The van der Waals surface area contributed by atoms with Gasteiger partial charge in [0.1, 0.15) is 18.0 Å². The number of hydrogen-bond acceptors (Lipinski definition) is 4. The van der Waals surface area contributed by atoms with Gasteiger partial charge in [-0.1, -0.05) is 30.3 Å². The Kier molecular flexibility index (Phi) is 8.11. The van der Waals surface area contributed by atoms with Crippen LogP contribution in [0.3, 0.4) is 0 Å². The molecule has 5 rings (SSSR count). The average Bonchev–Trinajstić information content (AvgIpc) is 3.18. The molecule has 208 valence electrons. The lowest BCUT2D eigenvalue weighted by molar-refractivity contribution is -0.117. The molecule has 0 unspecified atom stereocenters. The molecule has 2 heterocycles. The fourth-order valence-corrected chi connectivity index (χ4v) is 5.42. The van der Waals surface area contributed by atoms with E-state index in [1.807, 2.05) is 42.2 Å². The molecule has 0 aromatic heterocycles. The zero-order chi connectivity index (χ0) is 28.2. The first-order valence-corrected chi connectivity index (χ1v) is 13.7. The lowest BCUT2D eigenvalue weighted by Crippen LogP contribution is -2.52. The number of carbonyl (C=O) groups excluding carboxylic acids is 3. The van der Waals surface area contributed by atoms with Crippen LogP contribution < -0.4 is 25.3 Å². The van der Waals surface area contributed by atoms with E-state index in [0.29, 0.717) is 30.9 Å². The van der Waals surface area contributed by atoms with Gasteiger partial charge in [0.15, 0.2) is 0 Å².